The quantitative estimate of drug-likeness (QED) is 0.632. The molecule has 0 aromatic carbocycles. The van der Waals surface area contributed by atoms with Crippen molar-refractivity contribution in [3.8, 4) is 6.07 Å². The van der Waals surface area contributed by atoms with Crippen molar-refractivity contribution in [2.24, 2.45) is 0 Å². The molecule has 5 heteroatoms. The monoisotopic (exact) mass is 236 g/mol. The molecule has 0 aliphatic rings. The van der Waals surface area contributed by atoms with Crippen LogP contribution in [0, 0.1) is 11.3 Å². The Morgan fingerprint density at radius 1 is 1.62 bits per heavy atom. The number of hydrogen-bond donors (Lipinski definition) is 1. The van der Waals surface area contributed by atoms with Crippen LogP contribution in [0.15, 0.2) is 11.0 Å². The molecule has 4 nitrogen and oxygen atoms in total. The van der Waals surface area contributed by atoms with Gasteiger partial charge < -0.3 is 5.11 Å². The number of nitriles is 1. The van der Waals surface area contributed by atoms with Crippen LogP contribution in [0.4, 0.5) is 0 Å². The Hall–Kier alpha value is -1.67. The smallest absolute Gasteiger partial charge is 0.346 e. The van der Waals surface area contributed by atoms with Crippen molar-refractivity contribution in [3.05, 3.63) is 21.7 Å². The van der Waals surface area contributed by atoms with Crippen molar-refractivity contribution in [1.82, 2.24) is 4.98 Å². The number of carboxylic acid groups (broad SMARTS) is 1. The lowest BCUT2D eigenvalue weighted by atomic mass is 9.98. The van der Waals surface area contributed by atoms with Gasteiger partial charge in [-0.2, -0.15) is 5.26 Å². The normalized spacial score (nSPS) is 12.2. The summed E-state index contributed by atoms with van der Waals surface area (Å²) in [6.07, 6.45) is 1.29. The molecule has 1 rings (SSSR count). The molecule has 0 radical (unpaired) electrons. The average molecular weight is 236 g/mol. The Bertz CT molecular complexity index is 475. The topological polar surface area (TPSA) is 74.0 Å². The van der Waals surface area contributed by atoms with Gasteiger partial charge in [-0.25, -0.2) is 9.78 Å². The molecule has 0 atom stereocenters. The minimum atomic E-state index is -1.23. The molecule has 0 fully saturated rings. The fourth-order valence-electron chi connectivity index (χ4n) is 0.987. The maximum Gasteiger partial charge on any atom is 0.346 e. The first kappa shape index (κ1) is 12.4. The predicted molar refractivity (Wildman–Crippen MR) is 62.0 cm³/mol. The van der Waals surface area contributed by atoms with Gasteiger partial charge in [-0.3, -0.25) is 0 Å². The summed E-state index contributed by atoms with van der Waals surface area (Å²) in [7, 11) is 0. The fourth-order valence-corrected chi connectivity index (χ4v) is 1.85. The van der Waals surface area contributed by atoms with Gasteiger partial charge in [-0.1, -0.05) is 20.8 Å². The summed E-state index contributed by atoms with van der Waals surface area (Å²) in [6, 6.07) is 1.62. The molecule has 84 valence electrons. The van der Waals surface area contributed by atoms with E-state index < -0.39 is 5.97 Å². The first-order chi connectivity index (χ1) is 7.34. The van der Waals surface area contributed by atoms with Crippen molar-refractivity contribution < 1.29 is 9.90 Å². The second-order valence-corrected chi connectivity index (χ2v) is 5.16. The van der Waals surface area contributed by atoms with Crippen molar-refractivity contribution in [1.29, 1.82) is 5.26 Å². The van der Waals surface area contributed by atoms with Crippen LogP contribution >= 0.6 is 11.3 Å². The summed E-state index contributed by atoms with van der Waals surface area (Å²) < 4.78 is 0. The highest BCUT2D eigenvalue weighted by Gasteiger charge is 2.18. The third-order valence-corrected chi connectivity index (χ3v) is 3.09. The fraction of sp³-hybridized carbons (Fsp3) is 0.364. The van der Waals surface area contributed by atoms with Crippen LogP contribution < -0.4 is 0 Å². The summed E-state index contributed by atoms with van der Waals surface area (Å²) in [4.78, 5) is 14.9. The number of thiazole rings is 1. The number of aromatic nitrogens is 1. The van der Waals surface area contributed by atoms with E-state index in [4.69, 9.17) is 10.4 Å². The van der Waals surface area contributed by atoms with Gasteiger partial charge in [-0.15, -0.1) is 11.3 Å². The van der Waals surface area contributed by atoms with Gasteiger partial charge in [0, 0.05) is 10.8 Å². The molecule has 1 heterocycles. The number of carbonyl (C=O) groups is 1. The number of carboxylic acids is 1. The summed E-state index contributed by atoms with van der Waals surface area (Å²) >= 11 is 1.46. The average Bonchev–Trinajstić information content (AvgIpc) is 2.61. The van der Waals surface area contributed by atoms with Gasteiger partial charge in [0.05, 0.1) is 10.7 Å². The van der Waals surface area contributed by atoms with E-state index in [0.717, 1.165) is 5.01 Å². The molecule has 16 heavy (non-hydrogen) atoms. The highest BCUT2D eigenvalue weighted by Crippen LogP contribution is 2.26. The standard InChI is InChI=1S/C11H12N2O2S/c1-11(2,3)10-13-8(6-16-10)4-7(5-12)9(14)15/h4,6H,1-3H3,(H,14,15)/b7-4-. The molecule has 0 amide bonds. The SMILES string of the molecule is CC(C)(C)c1nc(/C=C(/C#N)C(=O)O)cs1. The van der Waals surface area contributed by atoms with E-state index in [1.807, 2.05) is 20.8 Å². The molecule has 0 saturated heterocycles. The molecule has 1 aromatic heterocycles. The lowest BCUT2D eigenvalue weighted by Crippen LogP contribution is -2.10. The zero-order chi connectivity index (χ0) is 12.3. The first-order valence-corrected chi connectivity index (χ1v) is 5.53. The predicted octanol–water partition coefficient (Wildman–Crippen LogP) is 2.43. The Labute approximate surface area is 97.9 Å². The van der Waals surface area contributed by atoms with E-state index in [1.165, 1.54) is 17.4 Å². The minimum absolute atomic E-state index is 0.0627. The van der Waals surface area contributed by atoms with Crippen LogP contribution in [-0.4, -0.2) is 16.1 Å². The lowest BCUT2D eigenvalue weighted by molar-refractivity contribution is -0.132. The number of hydrogen-bond acceptors (Lipinski definition) is 4. The third kappa shape index (κ3) is 2.91. The second kappa shape index (κ2) is 4.45. The molecule has 0 aliphatic heterocycles. The van der Waals surface area contributed by atoms with E-state index in [9.17, 15) is 4.79 Å². The Balaban J connectivity index is 3.05. The van der Waals surface area contributed by atoms with Gasteiger partial charge in [0.25, 0.3) is 0 Å². The molecule has 1 N–H and O–H groups in total. The molecular formula is C11H12N2O2S. The Kier molecular flexibility index (Phi) is 3.45. The summed E-state index contributed by atoms with van der Waals surface area (Å²) in [5.74, 6) is -1.23. The van der Waals surface area contributed by atoms with Crippen molar-refractivity contribution in [2.45, 2.75) is 26.2 Å². The molecule has 0 bridgehead atoms. The van der Waals surface area contributed by atoms with Crippen LogP contribution in [0.25, 0.3) is 6.08 Å². The summed E-state index contributed by atoms with van der Waals surface area (Å²) in [5, 5.41) is 20.0. The Morgan fingerprint density at radius 2 is 2.25 bits per heavy atom. The zero-order valence-electron chi connectivity index (χ0n) is 9.31. The van der Waals surface area contributed by atoms with E-state index >= 15 is 0 Å². The van der Waals surface area contributed by atoms with E-state index in [-0.39, 0.29) is 11.0 Å². The summed E-state index contributed by atoms with van der Waals surface area (Å²) in [5.41, 5.74) is 0.159. The number of nitrogens with zero attached hydrogens (tertiary/aromatic N) is 2. The molecule has 0 aliphatic carbocycles. The Morgan fingerprint density at radius 3 is 2.62 bits per heavy atom. The van der Waals surface area contributed by atoms with Gasteiger partial charge in [-0.05, 0) is 6.08 Å². The highest BCUT2D eigenvalue weighted by molar-refractivity contribution is 7.09. The van der Waals surface area contributed by atoms with Gasteiger partial charge in [0.1, 0.15) is 11.6 Å². The largest absolute Gasteiger partial charge is 0.477 e. The maximum absolute atomic E-state index is 10.6. The molecule has 0 saturated carbocycles. The third-order valence-electron chi connectivity index (χ3n) is 1.81. The minimum Gasteiger partial charge on any atom is -0.477 e. The second-order valence-electron chi connectivity index (χ2n) is 4.30. The van der Waals surface area contributed by atoms with Crippen LogP contribution in [0.5, 0.6) is 0 Å². The van der Waals surface area contributed by atoms with Crippen LogP contribution in [0.1, 0.15) is 31.5 Å². The highest BCUT2D eigenvalue weighted by atomic mass is 32.1. The van der Waals surface area contributed by atoms with E-state index in [0.29, 0.717) is 5.69 Å². The summed E-state index contributed by atoms with van der Waals surface area (Å²) in [6.45, 7) is 6.09. The zero-order valence-corrected chi connectivity index (χ0v) is 10.1. The number of aliphatic carboxylic acids is 1. The number of rotatable bonds is 2. The van der Waals surface area contributed by atoms with Crippen molar-refractivity contribution >= 4 is 23.4 Å². The maximum atomic E-state index is 10.6. The lowest BCUT2D eigenvalue weighted by Gasteiger charge is -2.13. The van der Waals surface area contributed by atoms with Gasteiger partial charge >= 0.3 is 5.97 Å². The van der Waals surface area contributed by atoms with Gasteiger partial charge in [0.2, 0.25) is 0 Å². The first-order valence-electron chi connectivity index (χ1n) is 4.65. The van der Waals surface area contributed by atoms with Crippen LogP contribution in [0.2, 0.25) is 0 Å². The van der Waals surface area contributed by atoms with Crippen molar-refractivity contribution in [3.63, 3.8) is 0 Å². The van der Waals surface area contributed by atoms with E-state index in [1.54, 1.807) is 11.4 Å². The van der Waals surface area contributed by atoms with Crippen molar-refractivity contribution in [2.75, 3.05) is 0 Å². The van der Waals surface area contributed by atoms with Crippen LogP contribution in [0.3, 0.4) is 0 Å². The van der Waals surface area contributed by atoms with E-state index in [2.05, 4.69) is 4.98 Å². The molecule has 0 spiro atoms. The van der Waals surface area contributed by atoms with Gasteiger partial charge in [0.15, 0.2) is 0 Å². The van der Waals surface area contributed by atoms with Crippen LogP contribution in [-0.2, 0) is 10.2 Å². The molecule has 1 aromatic rings. The molecular weight excluding hydrogens is 224 g/mol. The molecule has 0 unspecified atom stereocenters.